The van der Waals surface area contributed by atoms with Gasteiger partial charge in [-0.05, 0) is 6.07 Å². The maximum Gasteiger partial charge on any atom is 0.305 e. The largest absolute Gasteiger partial charge is 0.373 e. The summed E-state index contributed by atoms with van der Waals surface area (Å²) in [6.45, 7) is 2.09. The molecular weight excluding hydrogens is 250 g/mol. The maximum absolute atomic E-state index is 10.7. The molecule has 0 radical (unpaired) electrons. The molecule has 1 aliphatic rings. The van der Waals surface area contributed by atoms with Crippen LogP contribution < -0.4 is 10.6 Å². The Morgan fingerprint density at radius 2 is 2.47 bits per heavy atom. The molecule has 0 saturated carbocycles. The van der Waals surface area contributed by atoms with Gasteiger partial charge in [0.25, 0.3) is 0 Å². The van der Waals surface area contributed by atoms with Crippen LogP contribution in [0.3, 0.4) is 0 Å². The highest BCUT2D eigenvalue weighted by Gasteiger charge is 2.23. The number of nitrogens with two attached hydrogens (primary N) is 1. The minimum Gasteiger partial charge on any atom is -0.373 e. The molecule has 1 aliphatic heterocycles. The Morgan fingerprint density at radius 1 is 1.68 bits per heavy atom. The highest BCUT2D eigenvalue weighted by atomic mass is 16.6. The number of hydrogen-bond acceptors (Lipinski definition) is 7. The monoisotopic (exact) mass is 263 g/mol. The van der Waals surface area contributed by atoms with Crippen molar-refractivity contribution in [3.05, 3.63) is 27.9 Å². The summed E-state index contributed by atoms with van der Waals surface area (Å²) < 4.78 is 5.43. The summed E-state index contributed by atoms with van der Waals surface area (Å²) in [7, 11) is 0. The molecule has 8 heteroatoms. The van der Waals surface area contributed by atoms with Crippen molar-refractivity contribution in [1.82, 2.24) is 4.98 Å². The van der Waals surface area contributed by atoms with E-state index in [9.17, 15) is 10.1 Å². The van der Waals surface area contributed by atoms with E-state index in [2.05, 4.69) is 4.98 Å². The Labute approximate surface area is 109 Å². The highest BCUT2D eigenvalue weighted by molar-refractivity contribution is 5.51. The summed E-state index contributed by atoms with van der Waals surface area (Å²) in [6.07, 6.45) is -0.0868. The Hall–Kier alpha value is -2.24. The Morgan fingerprint density at radius 3 is 3.11 bits per heavy atom. The number of nitrogens with zero attached hydrogens (tertiary/aromatic N) is 4. The predicted octanol–water partition coefficient (Wildman–Crippen LogP) is 0.0254. The third-order valence-electron chi connectivity index (χ3n) is 2.89. The van der Waals surface area contributed by atoms with Crippen molar-refractivity contribution in [3.8, 4) is 6.07 Å². The van der Waals surface area contributed by atoms with Crippen molar-refractivity contribution in [1.29, 1.82) is 5.26 Å². The molecule has 0 aliphatic carbocycles. The second kappa shape index (κ2) is 5.60. The van der Waals surface area contributed by atoms with Gasteiger partial charge < -0.3 is 15.4 Å². The van der Waals surface area contributed by atoms with Gasteiger partial charge in [-0.1, -0.05) is 0 Å². The average molecular weight is 263 g/mol. The number of aromatic nitrogens is 1. The van der Waals surface area contributed by atoms with E-state index in [0.717, 1.165) is 0 Å². The van der Waals surface area contributed by atoms with Crippen LogP contribution in [0.1, 0.15) is 5.69 Å². The second-order valence-electron chi connectivity index (χ2n) is 4.08. The summed E-state index contributed by atoms with van der Waals surface area (Å²) in [5, 5.41) is 19.6. The van der Waals surface area contributed by atoms with Gasteiger partial charge in [0.1, 0.15) is 11.9 Å². The van der Waals surface area contributed by atoms with Crippen LogP contribution >= 0.6 is 0 Å². The molecule has 0 bridgehead atoms. The van der Waals surface area contributed by atoms with Crippen LogP contribution in [-0.2, 0) is 4.74 Å². The molecule has 0 aromatic carbocycles. The number of nitro groups is 1. The number of hydrogen-bond donors (Lipinski definition) is 1. The summed E-state index contributed by atoms with van der Waals surface area (Å²) in [6, 6.07) is 4.59. The molecule has 2 heterocycles. The van der Waals surface area contributed by atoms with E-state index in [1.54, 1.807) is 6.07 Å². The molecule has 2 rings (SSSR count). The zero-order valence-electron chi connectivity index (χ0n) is 10.2. The SMILES string of the molecule is N#Cc1nc(N2CCOC(CN)C2)ccc1[N+](=O)[O-]. The second-order valence-corrected chi connectivity index (χ2v) is 4.08. The molecule has 1 saturated heterocycles. The lowest BCUT2D eigenvalue weighted by Crippen LogP contribution is -2.46. The van der Waals surface area contributed by atoms with Crippen LogP contribution in [0.2, 0.25) is 0 Å². The third-order valence-corrected chi connectivity index (χ3v) is 2.89. The predicted molar refractivity (Wildman–Crippen MR) is 66.6 cm³/mol. The molecule has 1 unspecified atom stereocenters. The van der Waals surface area contributed by atoms with Gasteiger partial charge in [0.2, 0.25) is 5.69 Å². The quantitative estimate of drug-likeness (QED) is 0.603. The van der Waals surface area contributed by atoms with Crippen LogP contribution in [0.15, 0.2) is 12.1 Å². The minimum atomic E-state index is -0.614. The molecule has 1 atom stereocenters. The zero-order chi connectivity index (χ0) is 13.8. The Kier molecular flexibility index (Phi) is 3.89. The van der Waals surface area contributed by atoms with Crippen molar-refractivity contribution in [2.45, 2.75) is 6.10 Å². The molecule has 100 valence electrons. The van der Waals surface area contributed by atoms with Crippen molar-refractivity contribution < 1.29 is 9.66 Å². The zero-order valence-corrected chi connectivity index (χ0v) is 10.2. The first-order valence-electron chi connectivity index (χ1n) is 5.78. The summed E-state index contributed by atoms with van der Waals surface area (Å²) >= 11 is 0. The topological polar surface area (TPSA) is 118 Å². The van der Waals surface area contributed by atoms with E-state index < -0.39 is 4.92 Å². The van der Waals surface area contributed by atoms with E-state index >= 15 is 0 Å². The fraction of sp³-hybridized carbons (Fsp3) is 0.455. The summed E-state index contributed by atoms with van der Waals surface area (Å²) in [5.74, 6) is 0.531. The van der Waals surface area contributed by atoms with Gasteiger partial charge in [0.05, 0.1) is 17.6 Å². The first-order chi connectivity index (χ1) is 9.15. The van der Waals surface area contributed by atoms with Gasteiger partial charge in [-0.3, -0.25) is 10.1 Å². The molecule has 8 nitrogen and oxygen atoms in total. The van der Waals surface area contributed by atoms with E-state index in [0.29, 0.717) is 32.1 Å². The van der Waals surface area contributed by atoms with Crippen molar-refractivity contribution in [3.63, 3.8) is 0 Å². The molecule has 2 N–H and O–H groups in total. The van der Waals surface area contributed by atoms with Crippen LogP contribution in [0, 0.1) is 21.4 Å². The smallest absolute Gasteiger partial charge is 0.305 e. The van der Waals surface area contributed by atoms with Gasteiger partial charge in [-0.25, -0.2) is 4.98 Å². The van der Waals surface area contributed by atoms with E-state index in [1.165, 1.54) is 12.1 Å². The van der Waals surface area contributed by atoms with Crippen LogP contribution in [-0.4, -0.2) is 42.3 Å². The molecule has 1 aromatic rings. The lowest BCUT2D eigenvalue weighted by Gasteiger charge is -2.33. The van der Waals surface area contributed by atoms with E-state index in [1.807, 2.05) is 4.90 Å². The first kappa shape index (κ1) is 13.2. The fourth-order valence-corrected chi connectivity index (χ4v) is 1.92. The molecular formula is C11H13N5O3. The maximum atomic E-state index is 10.7. The van der Waals surface area contributed by atoms with Crippen LogP contribution in [0.25, 0.3) is 0 Å². The van der Waals surface area contributed by atoms with E-state index in [-0.39, 0.29) is 17.5 Å². The van der Waals surface area contributed by atoms with Crippen LogP contribution in [0.4, 0.5) is 11.5 Å². The molecule has 19 heavy (non-hydrogen) atoms. The number of nitriles is 1. The molecule has 0 amide bonds. The standard InChI is InChI=1S/C11H13N5O3/c12-5-8-7-15(3-4-19-8)11-2-1-10(16(17)18)9(6-13)14-11/h1-2,8H,3-5,7,12H2. The number of pyridine rings is 1. The van der Waals surface area contributed by atoms with Gasteiger partial charge in [0, 0.05) is 25.7 Å². The van der Waals surface area contributed by atoms with Crippen molar-refractivity contribution in [2.24, 2.45) is 5.73 Å². The van der Waals surface area contributed by atoms with Gasteiger partial charge in [-0.2, -0.15) is 5.26 Å². The minimum absolute atomic E-state index is 0.0868. The Balaban J connectivity index is 2.26. The number of ether oxygens (including phenoxy) is 1. The van der Waals surface area contributed by atoms with Gasteiger partial charge in [-0.15, -0.1) is 0 Å². The normalized spacial score (nSPS) is 18.9. The number of morpholine rings is 1. The number of rotatable bonds is 3. The van der Waals surface area contributed by atoms with Gasteiger partial charge >= 0.3 is 5.69 Å². The lowest BCUT2D eigenvalue weighted by molar-refractivity contribution is -0.385. The van der Waals surface area contributed by atoms with Crippen molar-refractivity contribution >= 4 is 11.5 Å². The first-order valence-corrected chi connectivity index (χ1v) is 5.78. The third kappa shape index (κ3) is 2.78. The average Bonchev–Trinajstić information content (AvgIpc) is 2.46. The highest BCUT2D eigenvalue weighted by Crippen LogP contribution is 2.22. The molecule has 0 spiro atoms. The van der Waals surface area contributed by atoms with Crippen molar-refractivity contribution in [2.75, 3.05) is 31.1 Å². The summed E-state index contributed by atoms with van der Waals surface area (Å²) in [4.78, 5) is 16.1. The van der Waals surface area contributed by atoms with Gasteiger partial charge in [0.15, 0.2) is 0 Å². The molecule has 1 fully saturated rings. The summed E-state index contributed by atoms with van der Waals surface area (Å²) in [5.41, 5.74) is 5.09. The van der Waals surface area contributed by atoms with Crippen LogP contribution in [0.5, 0.6) is 0 Å². The Bertz CT molecular complexity index is 528. The number of anilines is 1. The fourth-order valence-electron chi connectivity index (χ4n) is 1.92. The lowest BCUT2D eigenvalue weighted by atomic mass is 10.2. The molecule has 1 aromatic heterocycles. The van der Waals surface area contributed by atoms with E-state index in [4.69, 9.17) is 15.7 Å².